The van der Waals surface area contributed by atoms with E-state index in [0.717, 1.165) is 10.4 Å². The van der Waals surface area contributed by atoms with Crippen LogP contribution >= 0.6 is 34.5 Å². The molecule has 0 spiro atoms. The molecule has 2 aromatic rings. The Balaban J connectivity index is 2.41. The van der Waals surface area contributed by atoms with Crippen molar-refractivity contribution in [3.63, 3.8) is 0 Å². The molecule has 0 saturated carbocycles. The van der Waals surface area contributed by atoms with Gasteiger partial charge in [0.2, 0.25) is 0 Å². The monoisotopic (exact) mass is 262 g/mol. The van der Waals surface area contributed by atoms with Gasteiger partial charge >= 0.3 is 0 Å². The van der Waals surface area contributed by atoms with Gasteiger partial charge in [0.15, 0.2) is 5.82 Å². The highest BCUT2D eigenvalue weighted by molar-refractivity contribution is 7.14. The number of halogens is 2. The van der Waals surface area contributed by atoms with Crippen LogP contribution < -0.4 is 0 Å². The van der Waals surface area contributed by atoms with Crippen molar-refractivity contribution in [1.82, 2.24) is 10.1 Å². The Labute approximate surface area is 101 Å². The second kappa shape index (κ2) is 4.12. The first-order chi connectivity index (χ1) is 7.09. The third-order valence-corrected chi connectivity index (χ3v) is 3.77. The Hall–Kier alpha value is -0.580. The molecule has 2 heterocycles. The van der Waals surface area contributed by atoms with Crippen LogP contribution in [-0.2, 0) is 0 Å². The van der Waals surface area contributed by atoms with Gasteiger partial charge in [-0.3, -0.25) is 0 Å². The molecule has 0 amide bonds. The molecular formula is C9H8Cl2N2OS. The third-order valence-electron chi connectivity index (χ3n) is 1.89. The maximum Gasteiger partial charge on any atom is 0.269 e. The van der Waals surface area contributed by atoms with Gasteiger partial charge in [-0.2, -0.15) is 4.98 Å². The normalized spacial score (nSPS) is 13.1. The zero-order valence-corrected chi connectivity index (χ0v) is 10.4. The summed E-state index contributed by atoms with van der Waals surface area (Å²) in [6.07, 6.45) is 0. The van der Waals surface area contributed by atoms with Gasteiger partial charge in [0, 0.05) is 0 Å². The number of alkyl halides is 1. The van der Waals surface area contributed by atoms with Crippen molar-refractivity contribution in [2.24, 2.45) is 0 Å². The van der Waals surface area contributed by atoms with E-state index in [0.29, 0.717) is 16.7 Å². The Morgan fingerprint density at radius 1 is 1.53 bits per heavy atom. The van der Waals surface area contributed by atoms with Crippen molar-refractivity contribution in [3.8, 4) is 10.8 Å². The Morgan fingerprint density at radius 3 is 2.73 bits per heavy atom. The van der Waals surface area contributed by atoms with Crippen LogP contribution in [-0.4, -0.2) is 10.1 Å². The van der Waals surface area contributed by atoms with Gasteiger partial charge in [-0.1, -0.05) is 16.8 Å². The molecule has 0 radical (unpaired) electrons. The number of aryl methyl sites for hydroxylation is 1. The van der Waals surface area contributed by atoms with E-state index in [1.165, 1.54) is 11.3 Å². The molecule has 1 atom stereocenters. The first kappa shape index (κ1) is 10.9. The first-order valence-electron chi connectivity index (χ1n) is 4.31. The van der Waals surface area contributed by atoms with E-state index in [9.17, 15) is 0 Å². The minimum Gasteiger partial charge on any atom is -0.333 e. The highest BCUT2D eigenvalue weighted by Crippen LogP contribution is 2.35. The van der Waals surface area contributed by atoms with Gasteiger partial charge in [-0.15, -0.1) is 22.9 Å². The van der Waals surface area contributed by atoms with Gasteiger partial charge in [0.25, 0.3) is 5.89 Å². The first-order valence-corrected chi connectivity index (χ1v) is 6.00. The van der Waals surface area contributed by atoms with Crippen LogP contribution in [0, 0.1) is 6.92 Å². The summed E-state index contributed by atoms with van der Waals surface area (Å²) in [5.74, 6) is 0.911. The summed E-state index contributed by atoms with van der Waals surface area (Å²) in [6, 6.07) is 0. The van der Waals surface area contributed by atoms with E-state index in [2.05, 4.69) is 10.1 Å². The summed E-state index contributed by atoms with van der Waals surface area (Å²) < 4.78 is 5.09. The largest absolute Gasteiger partial charge is 0.333 e. The summed E-state index contributed by atoms with van der Waals surface area (Å²) in [5, 5.41) is 6.13. The number of nitrogens with zero attached hydrogens (tertiary/aromatic N) is 2. The van der Waals surface area contributed by atoms with E-state index in [-0.39, 0.29) is 5.38 Å². The van der Waals surface area contributed by atoms with Crippen LogP contribution in [0.25, 0.3) is 10.8 Å². The Morgan fingerprint density at radius 2 is 2.27 bits per heavy atom. The second-order valence-electron chi connectivity index (χ2n) is 3.14. The lowest BCUT2D eigenvalue weighted by molar-refractivity contribution is 0.423. The molecule has 1 unspecified atom stereocenters. The van der Waals surface area contributed by atoms with E-state index >= 15 is 0 Å². The van der Waals surface area contributed by atoms with E-state index < -0.39 is 0 Å². The van der Waals surface area contributed by atoms with E-state index in [1.54, 1.807) is 6.92 Å². The van der Waals surface area contributed by atoms with Gasteiger partial charge < -0.3 is 4.52 Å². The summed E-state index contributed by atoms with van der Waals surface area (Å²) >= 11 is 13.4. The molecular weight excluding hydrogens is 255 g/mol. The number of hydrogen-bond acceptors (Lipinski definition) is 4. The van der Waals surface area contributed by atoms with Crippen molar-refractivity contribution in [2.75, 3.05) is 0 Å². The second-order valence-corrected chi connectivity index (χ2v) is 5.05. The molecule has 15 heavy (non-hydrogen) atoms. The lowest BCUT2D eigenvalue weighted by Crippen LogP contribution is -1.86. The lowest BCUT2D eigenvalue weighted by atomic mass is 10.3. The summed E-state index contributed by atoms with van der Waals surface area (Å²) in [7, 11) is 0. The fourth-order valence-electron chi connectivity index (χ4n) is 1.06. The van der Waals surface area contributed by atoms with Crippen LogP contribution in [0.3, 0.4) is 0 Å². The third kappa shape index (κ3) is 2.02. The smallest absolute Gasteiger partial charge is 0.269 e. The quantitative estimate of drug-likeness (QED) is 0.767. The minimum absolute atomic E-state index is 0.262. The van der Waals surface area contributed by atoms with Crippen molar-refractivity contribution in [3.05, 3.63) is 21.8 Å². The molecule has 0 N–H and O–H groups in total. The van der Waals surface area contributed by atoms with Crippen molar-refractivity contribution in [2.45, 2.75) is 19.2 Å². The van der Waals surface area contributed by atoms with Crippen molar-refractivity contribution in [1.29, 1.82) is 0 Å². The highest BCUT2D eigenvalue weighted by Gasteiger charge is 2.17. The molecule has 0 saturated heterocycles. The number of aromatic nitrogens is 2. The number of hydrogen-bond donors (Lipinski definition) is 0. The lowest BCUT2D eigenvalue weighted by Gasteiger charge is -1.91. The molecule has 80 valence electrons. The molecule has 0 fully saturated rings. The summed E-state index contributed by atoms with van der Waals surface area (Å²) in [6.45, 7) is 3.72. The molecule has 2 aromatic heterocycles. The highest BCUT2D eigenvalue weighted by atomic mass is 35.5. The number of rotatable bonds is 2. The topological polar surface area (TPSA) is 38.9 Å². The predicted octanol–water partition coefficient (Wildman–Crippen LogP) is 4.06. The SMILES string of the molecule is Cc1csc(-c2nc(C(C)Cl)no2)c1Cl. The standard InChI is InChI=1S/C9H8Cl2N2OS/c1-4-3-15-7(6(4)11)9-12-8(5(2)10)13-14-9/h3,5H,1-2H3. The zero-order chi connectivity index (χ0) is 11.0. The maximum absolute atomic E-state index is 6.08. The van der Waals surface area contributed by atoms with E-state index in [4.69, 9.17) is 27.7 Å². The molecule has 2 rings (SSSR count). The fraction of sp³-hybridized carbons (Fsp3) is 0.333. The van der Waals surface area contributed by atoms with Gasteiger partial charge in [0.05, 0.1) is 10.4 Å². The average Bonchev–Trinajstić information content (AvgIpc) is 2.76. The minimum atomic E-state index is -0.262. The molecule has 0 bridgehead atoms. The average molecular weight is 263 g/mol. The van der Waals surface area contributed by atoms with Gasteiger partial charge in [-0.05, 0) is 24.8 Å². The maximum atomic E-state index is 6.08. The zero-order valence-electron chi connectivity index (χ0n) is 8.12. The fourth-order valence-corrected chi connectivity index (χ4v) is 2.35. The predicted molar refractivity (Wildman–Crippen MR) is 61.6 cm³/mol. The van der Waals surface area contributed by atoms with Crippen molar-refractivity contribution >= 4 is 34.5 Å². The molecule has 0 aromatic carbocycles. The van der Waals surface area contributed by atoms with Crippen LogP contribution in [0.1, 0.15) is 23.7 Å². The molecule has 6 heteroatoms. The molecule has 0 aliphatic heterocycles. The summed E-state index contributed by atoms with van der Waals surface area (Å²) in [5.41, 5.74) is 1.01. The Kier molecular flexibility index (Phi) is 3.00. The summed E-state index contributed by atoms with van der Waals surface area (Å²) in [4.78, 5) is 4.97. The Bertz CT molecular complexity index is 478. The molecule has 3 nitrogen and oxygen atoms in total. The van der Waals surface area contributed by atoms with Crippen LogP contribution in [0.15, 0.2) is 9.90 Å². The number of thiophene rings is 1. The van der Waals surface area contributed by atoms with Gasteiger partial charge in [0.1, 0.15) is 4.88 Å². The molecule has 0 aliphatic carbocycles. The van der Waals surface area contributed by atoms with Crippen LogP contribution in [0.5, 0.6) is 0 Å². The van der Waals surface area contributed by atoms with E-state index in [1.807, 2.05) is 12.3 Å². The van der Waals surface area contributed by atoms with Crippen LogP contribution in [0.2, 0.25) is 5.02 Å². The molecule has 0 aliphatic rings. The van der Waals surface area contributed by atoms with Gasteiger partial charge in [-0.25, -0.2) is 0 Å². The van der Waals surface area contributed by atoms with Crippen LogP contribution in [0.4, 0.5) is 0 Å². The van der Waals surface area contributed by atoms with Crippen molar-refractivity contribution < 1.29 is 4.52 Å².